The van der Waals surface area contributed by atoms with Crippen LogP contribution in [-0.4, -0.2) is 43.6 Å². The van der Waals surface area contributed by atoms with Gasteiger partial charge in [0.15, 0.2) is 0 Å². The Balaban J connectivity index is 2.56. The van der Waals surface area contributed by atoms with E-state index in [1.165, 1.54) is 9.80 Å². The zero-order valence-corrected chi connectivity index (χ0v) is 18.1. The summed E-state index contributed by atoms with van der Waals surface area (Å²) < 4.78 is 5.50. The molecule has 0 fully saturated rings. The Hall–Kier alpha value is -2.57. The molecular weight excluding hydrogens is 358 g/mol. The first kappa shape index (κ1) is 21.7. The zero-order valence-electron chi connectivity index (χ0n) is 18.1. The van der Waals surface area contributed by atoms with Crippen molar-refractivity contribution >= 4 is 35.0 Å². The Morgan fingerprint density at radius 3 is 2.21 bits per heavy atom. The second-order valence-electron chi connectivity index (χ2n) is 8.44. The van der Waals surface area contributed by atoms with Gasteiger partial charge in [0, 0.05) is 25.8 Å². The molecule has 0 aliphatic carbocycles. The molecule has 0 bridgehead atoms. The Labute approximate surface area is 167 Å². The molecule has 0 N–H and O–H groups in total. The van der Waals surface area contributed by atoms with E-state index in [2.05, 4.69) is 0 Å². The number of fused-ring (bicyclic) bond motifs is 1. The molecule has 1 aliphatic heterocycles. The fourth-order valence-electron chi connectivity index (χ4n) is 3.29. The maximum atomic E-state index is 13.0. The molecule has 0 radical (unpaired) electrons. The summed E-state index contributed by atoms with van der Waals surface area (Å²) in [6.45, 7) is 13.3. The van der Waals surface area contributed by atoms with Crippen LogP contribution in [0.1, 0.15) is 48.5 Å². The van der Waals surface area contributed by atoms with Crippen LogP contribution in [0.4, 0.5) is 21.9 Å². The molecule has 0 aromatic heterocycles. The third-order valence-electron chi connectivity index (χ3n) is 4.79. The van der Waals surface area contributed by atoms with Gasteiger partial charge in [0.2, 0.25) is 11.8 Å². The Kier molecular flexibility index (Phi) is 5.78. The summed E-state index contributed by atoms with van der Waals surface area (Å²) in [5.74, 6) is -0.523. The van der Waals surface area contributed by atoms with Crippen LogP contribution in [0.2, 0.25) is 0 Å². The Morgan fingerprint density at radius 1 is 1.11 bits per heavy atom. The van der Waals surface area contributed by atoms with E-state index in [0.717, 1.165) is 0 Å². The second kappa shape index (κ2) is 7.45. The molecule has 28 heavy (non-hydrogen) atoms. The van der Waals surface area contributed by atoms with Crippen molar-refractivity contribution in [2.75, 3.05) is 34.8 Å². The van der Waals surface area contributed by atoms with Crippen molar-refractivity contribution in [2.45, 2.75) is 54.1 Å². The molecule has 7 heteroatoms. The van der Waals surface area contributed by atoms with Gasteiger partial charge in [0.25, 0.3) is 0 Å². The molecule has 1 heterocycles. The standard InChI is InChI=1S/C21H31N3O4/c1-9-23(19(27)28-20(3,4)5)14-11-12-15-16(13-14)22(8)17(25)21(6,7)18(26)24(15)10-2/h11-13H,9-10H2,1-8H3. The molecule has 0 spiro atoms. The lowest BCUT2D eigenvalue weighted by molar-refractivity contribution is -0.137. The lowest BCUT2D eigenvalue weighted by atomic mass is 9.90. The Morgan fingerprint density at radius 2 is 1.71 bits per heavy atom. The van der Waals surface area contributed by atoms with Gasteiger partial charge in [0.05, 0.1) is 11.4 Å². The molecule has 1 aromatic rings. The van der Waals surface area contributed by atoms with E-state index in [4.69, 9.17) is 4.74 Å². The van der Waals surface area contributed by atoms with Crippen LogP contribution < -0.4 is 14.7 Å². The van der Waals surface area contributed by atoms with Crippen LogP contribution in [0.3, 0.4) is 0 Å². The number of amides is 3. The van der Waals surface area contributed by atoms with Crippen LogP contribution in [0, 0.1) is 5.41 Å². The summed E-state index contributed by atoms with van der Waals surface area (Å²) in [7, 11) is 1.66. The van der Waals surface area contributed by atoms with Crippen molar-refractivity contribution in [3.05, 3.63) is 18.2 Å². The number of benzene rings is 1. The highest BCUT2D eigenvalue weighted by Crippen LogP contribution is 2.40. The van der Waals surface area contributed by atoms with E-state index >= 15 is 0 Å². The number of carbonyl (C=O) groups is 3. The number of hydrogen-bond acceptors (Lipinski definition) is 4. The van der Waals surface area contributed by atoms with E-state index in [0.29, 0.717) is 30.2 Å². The lowest BCUT2D eigenvalue weighted by Crippen LogP contribution is -2.47. The molecule has 1 aromatic carbocycles. The molecule has 2 rings (SSSR count). The smallest absolute Gasteiger partial charge is 0.414 e. The van der Waals surface area contributed by atoms with Gasteiger partial charge in [-0.3, -0.25) is 14.5 Å². The summed E-state index contributed by atoms with van der Waals surface area (Å²) in [4.78, 5) is 43.1. The number of ether oxygens (including phenoxy) is 1. The fraction of sp³-hybridized carbons (Fsp3) is 0.571. The highest BCUT2D eigenvalue weighted by molar-refractivity contribution is 6.20. The minimum absolute atomic E-state index is 0.238. The molecule has 0 unspecified atom stereocenters. The van der Waals surface area contributed by atoms with E-state index in [1.807, 2.05) is 34.6 Å². The first-order chi connectivity index (χ1) is 12.8. The van der Waals surface area contributed by atoms with Gasteiger partial charge in [0.1, 0.15) is 11.0 Å². The largest absolute Gasteiger partial charge is 0.443 e. The monoisotopic (exact) mass is 389 g/mol. The van der Waals surface area contributed by atoms with Crippen molar-refractivity contribution in [2.24, 2.45) is 5.41 Å². The van der Waals surface area contributed by atoms with E-state index in [1.54, 1.807) is 44.0 Å². The van der Waals surface area contributed by atoms with Crippen molar-refractivity contribution in [3.8, 4) is 0 Å². The maximum Gasteiger partial charge on any atom is 0.414 e. The van der Waals surface area contributed by atoms with Gasteiger partial charge < -0.3 is 14.5 Å². The van der Waals surface area contributed by atoms with Gasteiger partial charge >= 0.3 is 6.09 Å². The second-order valence-corrected chi connectivity index (χ2v) is 8.44. The molecule has 0 saturated heterocycles. The van der Waals surface area contributed by atoms with Crippen molar-refractivity contribution in [3.63, 3.8) is 0 Å². The topological polar surface area (TPSA) is 70.2 Å². The zero-order chi connectivity index (χ0) is 21.4. The average Bonchev–Trinajstić information content (AvgIpc) is 2.64. The number of rotatable bonds is 3. The van der Waals surface area contributed by atoms with E-state index in [-0.39, 0.29) is 11.8 Å². The first-order valence-corrected chi connectivity index (χ1v) is 9.59. The molecular formula is C21H31N3O4. The summed E-state index contributed by atoms with van der Waals surface area (Å²) in [5.41, 5.74) is 0.0689. The van der Waals surface area contributed by atoms with Gasteiger partial charge in [-0.2, -0.15) is 0 Å². The number of nitrogens with zero attached hydrogens (tertiary/aromatic N) is 3. The molecule has 1 aliphatic rings. The summed E-state index contributed by atoms with van der Waals surface area (Å²) in [6.07, 6.45) is -0.457. The normalized spacial score (nSPS) is 16.6. The van der Waals surface area contributed by atoms with Gasteiger partial charge in [-0.1, -0.05) is 0 Å². The molecule has 154 valence electrons. The van der Waals surface area contributed by atoms with E-state index in [9.17, 15) is 14.4 Å². The van der Waals surface area contributed by atoms with Gasteiger partial charge in [-0.05, 0) is 66.7 Å². The van der Waals surface area contributed by atoms with Crippen LogP contribution in [-0.2, 0) is 14.3 Å². The quantitative estimate of drug-likeness (QED) is 0.737. The number of hydrogen-bond donors (Lipinski definition) is 0. The number of anilines is 3. The van der Waals surface area contributed by atoms with Crippen molar-refractivity contribution in [1.29, 1.82) is 0 Å². The van der Waals surface area contributed by atoms with Crippen LogP contribution in [0.25, 0.3) is 0 Å². The van der Waals surface area contributed by atoms with E-state index < -0.39 is 17.1 Å². The van der Waals surface area contributed by atoms with Crippen molar-refractivity contribution in [1.82, 2.24) is 0 Å². The Bertz CT molecular complexity index is 795. The predicted molar refractivity (Wildman–Crippen MR) is 111 cm³/mol. The minimum Gasteiger partial charge on any atom is -0.443 e. The summed E-state index contributed by atoms with van der Waals surface area (Å²) >= 11 is 0. The van der Waals surface area contributed by atoms with Crippen molar-refractivity contribution < 1.29 is 19.1 Å². The van der Waals surface area contributed by atoms with Gasteiger partial charge in [-0.15, -0.1) is 0 Å². The fourth-order valence-corrected chi connectivity index (χ4v) is 3.29. The lowest BCUT2D eigenvalue weighted by Gasteiger charge is -2.28. The summed E-state index contributed by atoms with van der Waals surface area (Å²) in [6, 6.07) is 5.32. The van der Waals surface area contributed by atoms with Crippen LogP contribution in [0.15, 0.2) is 18.2 Å². The molecule has 0 saturated carbocycles. The maximum absolute atomic E-state index is 13.0. The molecule has 0 atom stereocenters. The summed E-state index contributed by atoms with van der Waals surface area (Å²) in [5, 5.41) is 0. The highest BCUT2D eigenvalue weighted by Gasteiger charge is 2.45. The highest BCUT2D eigenvalue weighted by atomic mass is 16.6. The van der Waals surface area contributed by atoms with Crippen LogP contribution in [0.5, 0.6) is 0 Å². The first-order valence-electron chi connectivity index (χ1n) is 9.59. The third-order valence-corrected chi connectivity index (χ3v) is 4.79. The predicted octanol–water partition coefficient (Wildman–Crippen LogP) is 3.80. The molecule has 7 nitrogen and oxygen atoms in total. The van der Waals surface area contributed by atoms with Crippen LogP contribution >= 0.6 is 0 Å². The molecule has 3 amide bonds. The SMILES string of the molecule is CCN(C(=O)OC(C)(C)C)c1ccc2c(c1)N(C)C(=O)C(C)(C)C(=O)N2CC. The van der Waals surface area contributed by atoms with Gasteiger partial charge in [-0.25, -0.2) is 4.79 Å². The third kappa shape index (κ3) is 3.84. The minimum atomic E-state index is -1.17. The number of carbonyl (C=O) groups excluding carboxylic acids is 3. The average molecular weight is 389 g/mol.